The number of aromatic nitrogens is 1. The highest BCUT2D eigenvalue weighted by Gasteiger charge is 2.38. The van der Waals surface area contributed by atoms with Crippen LogP contribution in [0.25, 0.3) is 0 Å². The Kier molecular flexibility index (Phi) is 5.76. The van der Waals surface area contributed by atoms with Crippen LogP contribution >= 0.6 is 0 Å². The lowest BCUT2D eigenvalue weighted by Crippen LogP contribution is -2.60. The summed E-state index contributed by atoms with van der Waals surface area (Å²) in [5.41, 5.74) is 5.32. The van der Waals surface area contributed by atoms with Gasteiger partial charge in [-0.25, -0.2) is 4.79 Å². The van der Waals surface area contributed by atoms with E-state index in [1.54, 1.807) is 13.0 Å². The fourth-order valence-corrected chi connectivity index (χ4v) is 3.35. The molecule has 10 nitrogen and oxygen atoms in total. The van der Waals surface area contributed by atoms with Crippen LogP contribution in [-0.4, -0.2) is 82.3 Å². The highest BCUT2D eigenvalue weighted by molar-refractivity contribution is 6.38. The number of imide groups is 1. The number of likely N-dealkylation sites (tertiary alicyclic amines) is 1. The second-order valence-electron chi connectivity index (χ2n) is 6.69. The van der Waals surface area contributed by atoms with Gasteiger partial charge in [0.2, 0.25) is 0 Å². The van der Waals surface area contributed by atoms with Crippen LogP contribution in [0.1, 0.15) is 30.3 Å². The van der Waals surface area contributed by atoms with E-state index < -0.39 is 23.8 Å². The molecular weight excluding hydrogens is 366 g/mol. The number of piperazine rings is 1. The smallest absolute Gasteiger partial charge is 0.327 e. The molecule has 1 unspecified atom stereocenters. The van der Waals surface area contributed by atoms with Crippen molar-refractivity contribution in [3.8, 4) is 5.75 Å². The number of carbonyl (C=O) groups is 4. The molecule has 2 fully saturated rings. The molecule has 1 aromatic heterocycles. The molecule has 28 heavy (non-hydrogen) atoms. The van der Waals surface area contributed by atoms with Crippen LogP contribution in [0.5, 0.6) is 5.75 Å². The molecule has 1 aromatic rings. The Morgan fingerprint density at radius 2 is 2.04 bits per heavy atom. The number of likely N-dealkylation sites (N-methyl/N-ethyl adjacent to an activating group) is 1. The number of carbonyl (C=O) groups excluding carboxylic acids is 4. The maximum atomic E-state index is 12.8. The average Bonchev–Trinajstić information content (AvgIpc) is 2.70. The molecule has 2 aliphatic rings. The molecule has 3 rings (SSSR count). The van der Waals surface area contributed by atoms with E-state index in [9.17, 15) is 19.2 Å². The van der Waals surface area contributed by atoms with Gasteiger partial charge in [-0.2, -0.15) is 0 Å². The summed E-state index contributed by atoms with van der Waals surface area (Å²) in [6.07, 6.45) is 2.54. The molecule has 1 atom stereocenters. The molecule has 3 heterocycles. The number of piperidine rings is 1. The lowest BCUT2D eigenvalue weighted by Gasteiger charge is -2.38. The van der Waals surface area contributed by atoms with Crippen LogP contribution in [0, 0.1) is 0 Å². The van der Waals surface area contributed by atoms with Crippen molar-refractivity contribution in [2.24, 2.45) is 5.73 Å². The largest absolute Gasteiger partial charge is 0.488 e. The number of amides is 5. The number of pyridine rings is 1. The van der Waals surface area contributed by atoms with E-state index in [1.165, 1.54) is 22.1 Å². The number of rotatable bonds is 4. The predicted octanol–water partition coefficient (Wildman–Crippen LogP) is -0.166. The Bertz CT molecular complexity index is 798. The van der Waals surface area contributed by atoms with Gasteiger partial charge in [0.25, 0.3) is 5.91 Å². The first-order chi connectivity index (χ1) is 13.4. The lowest BCUT2D eigenvalue weighted by atomic mass is 10.1. The molecule has 0 spiro atoms. The fourth-order valence-electron chi connectivity index (χ4n) is 3.35. The Morgan fingerprint density at radius 1 is 1.25 bits per heavy atom. The lowest BCUT2D eigenvalue weighted by molar-refractivity contribution is -0.154. The van der Waals surface area contributed by atoms with Gasteiger partial charge in [-0.1, -0.05) is 0 Å². The third-order valence-corrected chi connectivity index (χ3v) is 4.86. The first-order valence-electron chi connectivity index (χ1n) is 9.23. The Labute approximate surface area is 162 Å². The zero-order valence-electron chi connectivity index (χ0n) is 15.7. The number of hydrogen-bond acceptors (Lipinski definition) is 6. The van der Waals surface area contributed by atoms with Crippen molar-refractivity contribution in [3.05, 3.63) is 24.0 Å². The highest BCUT2D eigenvalue weighted by Crippen LogP contribution is 2.20. The van der Waals surface area contributed by atoms with Gasteiger partial charge in [0.15, 0.2) is 0 Å². The monoisotopic (exact) mass is 389 g/mol. The van der Waals surface area contributed by atoms with Crippen molar-refractivity contribution >= 4 is 23.8 Å². The molecule has 0 radical (unpaired) electrons. The predicted molar refractivity (Wildman–Crippen MR) is 97.3 cm³/mol. The van der Waals surface area contributed by atoms with Crippen LogP contribution in [-0.2, 0) is 9.59 Å². The molecule has 2 aliphatic heterocycles. The van der Waals surface area contributed by atoms with Crippen LogP contribution in [0.2, 0.25) is 0 Å². The van der Waals surface area contributed by atoms with Gasteiger partial charge in [0, 0.05) is 38.4 Å². The van der Waals surface area contributed by atoms with Crippen molar-refractivity contribution in [2.45, 2.75) is 25.9 Å². The summed E-state index contributed by atoms with van der Waals surface area (Å²) in [4.78, 5) is 56.1. The van der Waals surface area contributed by atoms with E-state index in [0.29, 0.717) is 38.2 Å². The summed E-state index contributed by atoms with van der Waals surface area (Å²) in [6.45, 7) is 3.52. The van der Waals surface area contributed by atoms with Gasteiger partial charge in [-0.15, -0.1) is 0 Å². The quantitative estimate of drug-likeness (QED) is 0.713. The summed E-state index contributed by atoms with van der Waals surface area (Å²) in [5, 5.41) is 0. The first-order valence-corrected chi connectivity index (χ1v) is 9.23. The van der Waals surface area contributed by atoms with Crippen molar-refractivity contribution in [1.29, 1.82) is 0 Å². The van der Waals surface area contributed by atoms with Gasteiger partial charge in [0.05, 0.1) is 6.54 Å². The van der Waals surface area contributed by atoms with Gasteiger partial charge >= 0.3 is 17.8 Å². The van der Waals surface area contributed by atoms with E-state index >= 15 is 0 Å². The zero-order chi connectivity index (χ0) is 20.3. The Morgan fingerprint density at radius 3 is 2.75 bits per heavy atom. The maximum absolute atomic E-state index is 12.8. The van der Waals surface area contributed by atoms with Crippen molar-refractivity contribution in [1.82, 2.24) is 19.7 Å². The van der Waals surface area contributed by atoms with Gasteiger partial charge in [0.1, 0.15) is 17.5 Å². The molecule has 150 valence electrons. The topological polar surface area (TPSA) is 126 Å². The summed E-state index contributed by atoms with van der Waals surface area (Å²) in [6, 6.07) is 2.59. The summed E-state index contributed by atoms with van der Waals surface area (Å²) < 4.78 is 5.88. The van der Waals surface area contributed by atoms with Crippen molar-refractivity contribution in [3.63, 3.8) is 0 Å². The third kappa shape index (κ3) is 4.05. The summed E-state index contributed by atoms with van der Waals surface area (Å²) in [5.74, 6) is -1.66. The SMILES string of the molecule is CCN1CCN(C(=O)N2CCCC(Oc3ccnc(C(N)=O)c3)C2)C(=O)C1=O. The van der Waals surface area contributed by atoms with Gasteiger partial charge in [-0.05, 0) is 25.8 Å². The molecule has 0 aromatic carbocycles. The fraction of sp³-hybridized carbons (Fsp3) is 0.500. The van der Waals surface area contributed by atoms with Crippen LogP contribution in [0.3, 0.4) is 0 Å². The second kappa shape index (κ2) is 8.24. The Hall–Kier alpha value is -3.17. The molecule has 2 saturated heterocycles. The summed E-state index contributed by atoms with van der Waals surface area (Å²) in [7, 11) is 0. The highest BCUT2D eigenvalue weighted by atomic mass is 16.5. The maximum Gasteiger partial charge on any atom is 0.327 e. The molecular formula is C18H23N5O5. The van der Waals surface area contributed by atoms with Gasteiger partial charge < -0.3 is 20.3 Å². The van der Waals surface area contributed by atoms with Crippen molar-refractivity contribution < 1.29 is 23.9 Å². The number of nitrogens with zero attached hydrogens (tertiary/aromatic N) is 4. The van der Waals surface area contributed by atoms with Crippen LogP contribution in [0.4, 0.5) is 4.79 Å². The van der Waals surface area contributed by atoms with Crippen LogP contribution < -0.4 is 10.5 Å². The number of urea groups is 1. The van der Waals surface area contributed by atoms with E-state index in [4.69, 9.17) is 10.5 Å². The van der Waals surface area contributed by atoms with E-state index in [2.05, 4.69) is 4.98 Å². The number of primary amides is 1. The van der Waals surface area contributed by atoms with E-state index in [1.807, 2.05) is 0 Å². The third-order valence-electron chi connectivity index (χ3n) is 4.86. The standard InChI is InChI=1S/C18H23N5O5/c1-2-21-8-9-23(17(26)16(21)25)18(27)22-7-3-4-13(11-22)28-12-5-6-20-14(10-12)15(19)24/h5-6,10,13H,2-4,7-9,11H2,1H3,(H2,19,24). The Balaban J connectivity index is 1.64. The van der Waals surface area contributed by atoms with Crippen molar-refractivity contribution in [2.75, 3.05) is 32.7 Å². The molecule has 10 heteroatoms. The number of nitrogens with two attached hydrogens (primary N) is 1. The minimum Gasteiger partial charge on any atom is -0.488 e. The molecule has 2 N–H and O–H groups in total. The number of hydrogen-bond donors (Lipinski definition) is 1. The minimum absolute atomic E-state index is 0.0964. The van der Waals surface area contributed by atoms with E-state index in [0.717, 1.165) is 4.90 Å². The average molecular weight is 389 g/mol. The molecule has 5 amide bonds. The number of ether oxygens (including phenoxy) is 1. The normalized spacial score (nSPS) is 20.3. The van der Waals surface area contributed by atoms with E-state index in [-0.39, 0.29) is 24.9 Å². The molecule has 0 aliphatic carbocycles. The zero-order valence-corrected chi connectivity index (χ0v) is 15.7. The molecule has 0 bridgehead atoms. The minimum atomic E-state index is -0.790. The summed E-state index contributed by atoms with van der Waals surface area (Å²) >= 11 is 0. The van der Waals surface area contributed by atoms with Gasteiger partial charge in [-0.3, -0.25) is 24.3 Å². The first kappa shape index (κ1) is 19.6. The molecule has 0 saturated carbocycles. The van der Waals surface area contributed by atoms with Crippen LogP contribution in [0.15, 0.2) is 18.3 Å². The second-order valence-corrected chi connectivity index (χ2v) is 6.69.